The summed E-state index contributed by atoms with van der Waals surface area (Å²) >= 11 is 5.97. The predicted octanol–water partition coefficient (Wildman–Crippen LogP) is 3.23. The van der Waals surface area contributed by atoms with Gasteiger partial charge in [-0.15, -0.1) is 5.10 Å². The molecule has 7 nitrogen and oxygen atoms in total. The van der Waals surface area contributed by atoms with Gasteiger partial charge in [0.05, 0.1) is 18.1 Å². The zero-order valence-corrected chi connectivity index (χ0v) is 11.8. The maximum atomic E-state index is 5.97. The lowest BCUT2D eigenvalue weighted by molar-refractivity contribution is 0.416. The van der Waals surface area contributed by atoms with Gasteiger partial charge in [-0.2, -0.15) is 4.98 Å². The van der Waals surface area contributed by atoms with Gasteiger partial charge in [0, 0.05) is 5.02 Å². The highest BCUT2D eigenvalue weighted by Crippen LogP contribution is 2.22. The molecule has 108 valence electrons. The molecular weight excluding hydrogens is 306 g/mol. The van der Waals surface area contributed by atoms with E-state index in [1.165, 1.54) is 6.26 Å². The topological polar surface area (TPSA) is 82.8 Å². The van der Waals surface area contributed by atoms with Gasteiger partial charge >= 0.3 is 0 Å². The Morgan fingerprint density at radius 3 is 2.91 bits per heavy atom. The van der Waals surface area contributed by atoms with Crippen LogP contribution in [-0.2, 0) is 0 Å². The molecular formula is C14H8ClN5O2. The zero-order chi connectivity index (χ0) is 14.9. The van der Waals surface area contributed by atoms with E-state index in [1.807, 2.05) is 12.1 Å². The molecule has 0 aliphatic rings. The molecule has 0 unspecified atom stereocenters. The molecule has 0 atom stereocenters. The zero-order valence-electron chi connectivity index (χ0n) is 11.0. The monoisotopic (exact) mass is 313 g/mol. The SMILES string of the molecule is Clc1cccc(-n2cc(-c3noc(-c4ccco4)n3)nn2)c1. The second kappa shape index (κ2) is 5.12. The van der Waals surface area contributed by atoms with Crippen LogP contribution in [0.1, 0.15) is 0 Å². The van der Waals surface area contributed by atoms with Crippen molar-refractivity contribution >= 4 is 11.6 Å². The molecule has 0 amide bonds. The summed E-state index contributed by atoms with van der Waals surface area (Å²) in [6.07, 6.45) is 3.23. The van der Waals surface area contributed by atoms with E-state index >= 15 is 0 Å². The molecule has 0 bridgehead atoms. The molecule has 0 N–H and O–H groups in total. The Hall–Kier alpha value is -2.93. The van der Waals surface area contributed by atoms with Crippen LogP contribution < -0.4 is 0 Å². The Bertz CT molecular complexity index is 913. The van der Waals surface area contributed by atoms with Crippen molar-refractivity contribution in [2.24, 2.45) is 0 Å². The van der Waals surface area contributed by atoms with Crippen LogP contribution in [0.25, 0.3) is 28.9 Å². The molecule has 8 heteroatoms. The van der Waals surface area contributed by atoms with E-state index in [4.69, 9.17) is 20.5 Å². The summed E-state index contributed by atoms with van der Waals surface area (Å²) in [5.74, 6) is 1.12. The largest absolute Gasteiger partial charge is 0.459 e. The quantitative estimate of drug-likeness (QED) is 0.577. The van der Waals surface area contributed by atoms with Crippen molar-refractivity contribution < 1.29 is 8.94 Å². The summed E-state index contributed by atoms with van der Waals surface area (Å²) in [7, 11) is 0. The van der Waals surface area contributed by atoms with Crippen molar-refractivity contribution in [3.63, 3.8) is 0 Å². The molecule has 3 aromatic heterocycles. The van der Waals surface area contributed by atoms with Gasteiger partial charge in [-0.1, -0.05) is 28.0 Å². The highest BCUT2D eigenvalue weighted by atomic mass is 35.5. The molecule has 22 heavy (non-hydrogen) atoms. The molecule has 3 heterocycles. The van der Waals surface area contributed by atoms with Gasteiger partial charge in [0.1, 0.15) is 0 Å². The van der Waals surface area contributed by atoms with Gasteiger partial charge in [-0.05, 0) is 30.3 Å². The summed E-state index contributed by atoms with van der Waals surface area (Å²) in [6.45, 7) is 0. The van der Waals surface area contributed by atoms with Gasteiger partial charge < -0.3 is 8.94 Å². The Balaban J connectivity index is 1.67. The van der Waals surface area contributed by atoms with E-state index in [-0.39, 0.29) is 5.89 Å². The lowest BCUT2D eigenvalue weighted by atomic mass is 10.3. The highest BCUT2D eigenvalue weighted by molar-refractivity contribution is 6.30. The summed E-state index contributed by atoms with van der Waals surface area (Å²) in [5, 5.41) is 12.6. The van der Waals surface area contributed by atoms with Crippen molar-refractivity contribution in [3.8, 4) is 28.9 Å². The van der Waals surface area contributed by atoms with Crippen LogP contribution in [0.15, 0.2) is 57.8 Å². The fourth-order valence-electron chi connectivity index (χ4n) is 1.94. The minimum absolute atomic E-state index is 0.289. The van der Waals surface area contributed by atoms with Crippen molar-refractivity contribution in [3.05, 3.63) is 53.9 Å². The first-order valence-corrected chi connectivity index (χ1v) is 6.74. The van der Waals surface area contributed by atoms with Crippen LogP contribution in [-0.4, -0.2) is 25.1 Å². The van der Waals surface area contributed by atoms with E-state index < -0.39 is 0 Å². The lowest BCUT2D eigenvalue weighted by Crippen LogP contribution is -1.93. The minimum Gasteiger partial charge on any atom is -0.459 e. The highest BCUT2D eigenvalue weighted by Gasteiger charge is 2.15. The Morgan fingerprint density at radius 2 is 2.09 bits per heavy atom. The third-order valence-electron chi connectivity index (χ3n) is 2.95. The first-order chi connectivity index (χ1) is 10.8. The fourth-order valence-corrected chi connectivity index (χ4v) is 2.12. The molecule has 0 fully saturated rings. The van der Waals surface area contributed by atoms with Crippen molar-refractivity contribution in [1.29, 1.82) is 0 Å². The number of hydrogen-bond donors (Lipinski definition) is 0. The van der Waals surface area contributed by atoms with Crippen molar-refractivity contribution in [2.45, 2.75) is 0 Å². The number of hydrogen-bond acceptors (Lipinski definition) is 6. The Kier molecular flexibility index (Phi) is 2.97. The predicted molar refractivity (Wildman–Crippen MR) is 77.4 cm³/mol. The molecule has 0 saturated carbocycles. The average molecular weight is 314 g/mol. The molecule has 1 aromatic carbocycles. The van der Waals surface area contributed by atoms with Crippen LogP contribution in [0.3, 0.4) is 0 Å². The molecule has 4 aromatic rings. The van der Waals surface area contributed by atoms with E-state index in [2.05, 4.69) is 20.5 Å². The maximum Gasteiger partial charge on any atom is 0.293 e. The van der Waals surface area contributed by atoms with Gasteiger partial charge in [-0.3, -0.25) is 0 Å². The van der Waals surface area contributed by atoms with Crippen molar-refractivity contribution in [1.82, 2.24) is 25.1 Å². The van der Waals surface area contributed by atoms with Crippen LogP contribution in [0.2, 0.25) is 5.02 Å². The second-order valence-corrected chi connectivity index (χ2v) is 4.87. The van der Waals surface area contributed by atoms with E-state index in [0.717, 1.165) is 5.69 Å². The molecule has 0 radical (unpaired) electrons. The minimum atomic E-state index is 0.289. The van der Waals surface area contributed by atoms with E-state index in [0.29, 0.717) is 22.3 Å². The summed E-state index contributed by atoms with van der Waals surface area (Å²) in [5.41, 5.74) is 1.28. The van der Waals surface area contributed by atoms with Gasteiger partial charge in [-0.25, -0.2) is 4.68 Å². The maximum absolute atomic E-state index is 5.97. The van der Waals surface area contributed by atoms with Gasteiger partial charge in [0.15, 0.2) is 11.5 Å². The number of benzene rings is 1. The van der Waals surface area contributed by atoms with Crippen LogP contribution in [0.4, 0.5) is 0 Å². The average Bonchev–Trinajstić information content (AvgIpc) is 3.27. The van der Waals surface area contributed by atoms with E-state index in [1.54, 1.807) is 35.1 Å². The number of rotatable bonds is 3. The third kappa shape index (κ3) is 2.27. The smallest absolute Gasteiger partial charge is 0.293 e. The van der Waals surface area contributed by atoms with Crippen molar-refractivity contribution in [2.75, 3.05) is 0 Å². The molecule has 0 saturated heterocycles. The third-order valence-corrected chi connectivity index (χ3v) is 3.19. The molecule has 0 aliphatic carbocycles. The first kappa shape index (κ1) is 12.8. The van der Waals surface area contributed by atoms with Crippen LogP contribution >= 0.6 is 11.6 Å². The second-order valence-electron chi connectivity index (χ2n) is 4.43. The van der Waals surface area contributed by atoms with Gasteiger partial charge in [0.25, 0.3) is 5.89 Å². The lowest BCUT2D eigenvalue weighted by Gasteiger charge is -1.98. The summed E-state index contributed by atoms with van der Waals surface area (Å²) < 4.78 is 11.9. The first-order valence-electron chi connectivity index (χ1n) is 6.36. The Morgan fingerprint density at radius 1 is 1.14 bits per heavy atom. The summed E-state index contributed by atoms with van der Waals surface area (Å²) in [4.78, 5) is 4.23. The number of halogens is 1. The number of aromatic nitrogens is 5. The van der Waals surface area contributed by atoms with Gasteiger partial charge in [0.2, 0.25) is 5.82 Å². The number of nitrogens with zero attached hydrogens (tertiary/aromatic N) is 5. The normalized spacial score (nSPS) is 11.0. The van der Waals surface area contributed by atoms with Crippen LogP contribution in [0.5, 0.6) is 0 Å². The van der Waals surface area contributed by atoms with E-state index in [9.17, 15) is 0 Å². The molecule has 0 aliphatic heterocycles. The standard InChI is InChI=1S/C14H8ClN5O2/c15-9-3-1-4-10(7-9)20-8-11(17-19-20)13-16-14(22-18-13)12-5-2-6-21-12/h1-8H. The fraction of sp³-hybridized carbons (Fsp3) is 0. The molecule has 4 rings (SSSR count). The number of furan rings is 1. The Labute approximate surface area is 129 Å². The summed E-state index contributed by atoms with van der Waals surface area (Å²) in [6, 6.07) is 10.8. The van der Waals surface area contributed by atoms with Crippen LogP contribution in [0, 0.1) is 0 Å². The molecule has 0 spiro atoms.